The number of nitrogens with zero attached hydrogens (tertiary/aromatic N) is 1. The van der Waals surface area contributed by atoms with Crippen LogP contribution < -0.4 is 0 Å². The quantitative estimate of drug-likeness (QED) is 0.461. The fourth-order valence-electron chi connectivity index (χ4n) is 2.08. The molecular weight excluding hydrogens is 225 g/mol. The van der Waals surface area contributed by atoms with Crippen LogP contribution in [0, 0.1) is 5.92 Å². The predicted molar refractivity (Wildman–Crippen MR) is 46.5 cm³/mol. The minimum atomic E-state index is 0.948. The molecule has 0 aromatic rings. The number of hydrogen-bond acceptors (Lipinski definition) is 1. The fourth-order valence-corrected chi connectivity index (χ4v) is 3.14. The molecule has 0 aromatic heterocycles. The van der Waals surface area contributed by atoms with E-state index >= 15 is 0 Å². The molecule has 1 heterocycles. The Labute approximate surface area is 70.3 Å². The molecule has 2 atom stereocenters. The van der Waals surface area contributed by atoms with Gasteiger partial charge in [-0.2, -0.15) is 0 Å². The molecule has 0 amide bonds. The first-order valence-electron chi connectivity index (χ1n) is 3.78. The highest BCUT2D eigenvalue weighted by Crippen LogP contribution is 2.36. The first-order chi connectivity index (χ1) is 4.36. The summed E-state index contributed by atoms with van der Waals surface area (Å²) < 4.78 is 2.51. The van der Waals surface area contributed by atoms with E-state index in [1.54, 1.807) is 0 Å². The van der Waals surface area contributed by atoms with Gasteiger partial charge in [0.25, 0.3) is 0 Å². The van der Waals surface area contributed by atoms with E-state index in [0.29, 0.717) is 0 Å². The van der Waals surface area contributed by atoms with Crippen LogP contribution in [0.1, 0.15) is 25.7 Å². The zero-order valence-corrected chi connectivity index (χ0v) is 7.67. The molecule has 1 saturated heterocycles. The second-order valence-electron chi connectivity index (χ2n) is 3.27. The van der Waals surface area contributed by atoms with Crippen molar-refractivity contribution in [1.82, 2.24) is 3.11 Å². The van der Waals surface area contributed by atoms with Crippen molar-refractivity contribution in [3.8, 4) is 0 Å². The van der Waals surface area contributed by atoms with Crippen molar-refractivity contribution >= 4 is 22.9 Å². The molecule has 1 aliphatic heterocycles. The van der Waals surface area contributed by atoms with Gasteiger partial charge in [0.05, 0.1) is 0 Å². The van der Waals surface area contributed by atoms with Crippen molar-refractivity contribution in [3.63, 3.8) is 0 Å². The van der Waals surface area contributed by atoms with Crippen LogP contribution in [0.4, 0.5) is 0 Å². The van der Waals surface area contributed by atoms with E-state index < -0.39 is 0 Å². The van der Waals surface area contributed by atoms with Gasteiger partial charge in [0.2, 0.25) is 0 Å². The lowest BCUT2D eigenvalue weighted by atomic mass is 9.91. The van der Waals surface area contributed by atoms with Crippen molar-refractivity contribution in [2.75, 3.05) is 6.54 Å². The smallest absolute Gasteiger partial charge is 0.0204 e. The minimum Gasteiger partial charge on any atom is -0.244 e. The third-order valence-corrected chi connectivity index (χ3v) is 3.77. The highest BCUT2D eigenvalue weighted by molar-refractivity contribution is 14.1. The van der Waals surface area contributed by atoms with E-state index in [2.05, 4.69) is 26.0 Å². The maximum absolute atomic E-state index is 2.51. The number of hydrogen-bond donors (Lipinski definition) is 0. The Bertz CT molecular complexity index is 113. The van der Waals surface area contributed by atoms with Crippen LogP contribution in [0.25, 0.3) is 0 Å². The summed E-state index contributed by atoms with van der Waals surface area (Å²) in [5.74, 6) is 1.06. The van der Waals surface area contributed by atoms with Gasteiger partial charge in [-0.25, -0.2) is 3.11 Å². The molecule has 2 bridgehead atoms. The molecule has 0 aromatic carbocycles. The van der Waals surface area contributed by atoms with E-state index in [1.807, 2.05) is 0 Å². The third kappa shape index (κ3) is 1.11. The molecular formula is C7H12IN. The molecule has 0 N–H and O–H groups in total. The van der Waals surface area contributed by atoms with Crippen LogP contribution >= 0.6 is 22.9 Å². The molecule has 2 heteroatoms. The topological polar surface area (TPSA) is 3.24 Å². The first-order valence-corrected chi connectivity index (χ1v) is 4.75. The van der Waals surface area contributed by atoms with Gasteiger partial charge in [0.1, 0.15) is 0 Å². The van der Waals surface area contributed by atoms with E-state index in [9.17, 15) is 0 Å². The number of halogens is 1. The number of fused-ring (bicyclic) bond motifs is 2. The van der Waals surface area contributed by atoms with Gasteiger partial charge in [0.15, 0.2) is 0 Å². The van der Waals surface area contributed by atoms with Gasteiger partial charge in [-0.3, -0.25) is 0 Å². The molecule has 9 heavy (non-hydrogen) atoms. The average molecular weight is 237 g/mol. The Hall–Kier alpha value is 0.690. The summed E-state index contributed by atoms with van der Waals surface area (Å²) in [6.07, 6.45) is 5.92. The van der Waals surface area contributed by atoms with Crippen LogP contribution in [-0.4, -0.2) is 15.7 Å². The Morgan fingerprint density at radius 3 is 2.89 bits per heavy atom. The van der Waals surface area contributed by atoms with E-state index in [4.69, 9.17) is 0 Å². The summed E-state index contributed by atoms with van der Waals surface area (Å²) in [6, 6.07) is 0.948. The second kappa shape index (κ2) is 2.38. The van der Waals surface area contributed by atoms with Crippen LogP contribution in [-0.2, 0) is 0 Å². The highest BCUT2D eigenvalue weighted by atomic mass is 127. The highest BCUT2D eigenvalue weighted by Gasteiger charge is 2.33. The van der Waals surface area contributed by atoms with E-state index in [1.165, 1.54) is 32.2 Å². The third-order valence-electron chi connectivity index (χ3n) is 2.58. The van der Waals surface area contributed by atoms with Crippen molar-refractivity contribution < 1.29 is 0 Å². The van der Waals surface area contributed by atoms with Crippen molar-refractivity contribution in [2.24, 2.45) is 5.92 Å². The largest absolute Gasteiger partial charge is 0.244 e. The Morgan fingerprint density at radius 1 is 1.33 bits per heavy atom. The molecule has 0 radical (unpaired) electrons. The molecule has 2 aliphatic rings. The molecule has 2 rings (SSSR count). The van der Waals surface area contributed by atoms with Gasteiger partial charge >= 0.3 is 0 Å². The normalized spacial score (nSPS) is 43.7. The second-order valence-corrected chi connectivity index (χ2v) is 4.51. The fraction of sp³-hybridized carbons (Fsp3) is 1.00. The predicted octanol–water partition coefficient (Wildman–Crippen LogP) is 2.21. The van der Waals surface area contributed by atoms with Gasteiger partial charge in [-0.15, -0.1) is 0 Å². The van der Waals surface area contributed by atoms with Gasteiger partial charge in [-0.05, 0) is 25.2 Å². The Morgan fingerprint density at radius 2 is 2.22 bits per heavy atom. The minimum absolute atomic E-state index is 0.948. The van der Waals surface area contributed by atoms with Crippen molar-refractivity contribution in [2.45, 2.75) is 31.7 Å². The van der Waals surface area contributed by atoms with Crippen molar-refractivity contribution in [3.05, 3.63) is 0 Å². The molecule has 1 aliphatic carbocycles. The Kier molecular flexibility index (Phi) is 1.69. The standard InChI is InChI=1S/C7H12IN/c8-9-5-6-2-1-3-7(9)4-6/h6-7H,1-5H2. The van der Waals surface area contributed by atoms with Crippen LogP contribution in [0.15, 0.2) is 0 Å². The summed E-state index contributed by atoms with van der Waals surface area (Å²) >= 11 is 2.48. The van der Waals surface area contributed by atoms with Gasteiger partial charge in [0, 0.05) is 35.5 Å². The summed E-state index contributed by atoms with van der Waals surface area (Å²) in [6.45, 7) is 1.37. The molecule has 52 valence electrons. The van der Waals surface area contributed by atoms with Crippen molar-refractivity contribution in [1.29, 1.82) is 0 Å². The lowest BCUT2D eigenvalue weighted by Crippen LogP contribution is -2.18. The lowest BCUT2D eigenvalue weighted by Gasteiger charge is -2.18. The SMILES string of the molecule is IN1CC2CCCC1C2. The molecule has 1 nitrogen and oxygen atoms in total. The molecule has 0 spiro atoms. The van der Waals surface area contributed by atoms with Crippen LogP contribution in [0.5, 0.6) is 0 Å². The zero-order valence-electron chi connectivity index (χ0n) is 5.52. The van der Waals surface area contributed by atoms with Gasteiger partial charge in [-0.1, -0.05) is 6.42 Å². The summed E-state index contributed by atoms with van der Waals surface area (Å²) in [7, 11) is 0. The lowest BCUT2D eigenvalue weighted by molar-refractivity contribution is 0.388. The number of rotatable bonds is 0. The average Bonchev–Trinajstić information content (AvgIpc) is 2.09. The van der Waals surface area contributed by atoms with Crippen LogP contribution in [0.3, 0.4) is 0 Å². The molecule has 1 saturated carbocycles. The van der Waals surface area contributed by atoms with E-state index in [-0.39, 0.29) is 0 Å². The monoisotopic (exact) mass is 237 g/mol. The van der Waals surface area contributed by atoms with E-state index in [0.717, 1.165) is 12.0 Å². The van der Waals surface area contributed by atoms with Crippen LogP contribution in [0.2, 0.25) is 0 Å². The first kappa shape index (κ1) is 6.40. The summed E-state index contributed by atoms with van der Waals surface area (Å²) in [5.41, 5.74) is 0. The zero-order chi connectivity index (χ0) is 6.27. The Balaban J connectivity index is 2.07. The molecule has 2 unspecified atom stereocenters. The van der Waals surface area contributed by atoms with Gasteiger partial charge < -0.3 is 0 Å². The maximum Gasteiger partial charge on any atom is 0.0204 e. The maximum atomic E-state index is 2.51. The summed E-state index contributed by atoms with van der Waals surface area (Å²) in [4.78, 5) is 0. The summed E-state index contributed by atoms with van der Waals surface area (Å²) in [5, 5.41) is 0. The molecule has 2 fully saturated rings.